The first kappa shape index (κ1) is 18.1. The Bertz CT molecular complexity index is 793. The second kappa shape index (κ2) is 8.06. The molecule has 8 heteroatoms. The van der Waals surface area contributed by atoms with E-state index >= 15 is 0 Å². The largest absolute Gasteiger partial charge is 0.495 e. The van der Waals surface area contributed by atoms with Gasteiger partial charge in [-0.15, -0.1) is 0 Å². The molecule has 1 amide bonds. The lowest BCUT2D eigenvalue weighted by atomic mass is 10.2. The van der Waals surface area contributed by atoms with Gasteiger partial charge in [0.05, 0.1) is 18.4 Å². The highest BCUT2D eigenvalue weighted by molar-refractivity contribution is 14.1. The van der Waals surface area contributed by atoms with Crippen LogP contribution in [-0.2, 0) is 0 Å². The number of methoxy groups -OCH3 is 1. The molecule has 0 bridgehead atoms. The molecule has 0 saturated carbocycles. The molecule has 2 aromatic carbocycles. The molecule has 0 unspecified atom stereocenters. The fraction of sp³-hybridized carbons (Fsp3) is 0.0625. The molecule has 0 aromatic heterocycles. The average molecular weight is 456 g/mol. The highest BCUT2D eigenvalue weighted by Gasteiger charge is 2.12. The summed E-state index contributed by atoms with van der Waals surface area (Å²) >= 11 is 7.25. The van der Waals surface area contributed by atoms with E-state index < -0.39 is 5.97 Å². The number of carboxylic acid groups (broad SMARTS) is 1. The van der Waals surface area contributed by atoms with Crippen LogP contribution in [0.25, 0.3) is 0 Å². The first-order valence-electron chi connectivity index (χ1n) is 6.70. The van der Waals surface area contributed by atoms with E-state index in [1.807, 2.05) is 12.1 Å². The Labute approximate surface area is 157 Å². The zero-order valence-electron chi connectivity index (χ0n) is 12.5. The number of ether oxygens (including phenoxy) is 1. The monoisotopic (exact) mass is 456 g/mol. The summed E-state index contributed by atoms with van der Waals surface area (Å²) in [5.41, 5.74) is 0.890. The summed E-state index contributed by atoms with van der Waals surface area (Å²) in [4.78, 5) is 23.2. The number of hydrogen-bond acceptors (Lipinski definition) is 4. The van der Waals surface area contributed by atoms with Crippen LogP contribution < -0.4 is 15.4 Å². The standard InChI is InChI=1S/C16H13IN2O4S/c1-23-13-7-4-10(15(21)22)8-12(13)18-16(24)19-14(20)9-2-5-11(17)6-3-9/h2-8H,1H3,(H,21,22)(H2,18,19,20,24). The minimum atomic E-state index is -1.07. The van der Waals surface area contributed by atoms with Crippen molar-refractivity contribution in [1.29, 1.82) is 0 Å². The van der Waals surface area contributed by atoms with Gasteiger partial charge in [-0.05, 0) is 77.3 Å². The Morgan fingerprint density at radius 3 is 2.33 bits per heavy atom. The molecule has 0 aliphatic carbocycles. The Morgan fingerprint density at radius 2 is 1.75 bits per heavy atom. The second-order valence-electron chi connectivity index (χ2n) is 4.64. The number of hydrogen-bond donors (Lipinski definition) is 3. The van der Waals surface area contributed by atoms with Gasteiger partial charge in [0.1, 0.15) is 5.75 Å². The fourth-order valence-corrected chi connectivity index (χ4v) is 2.43. The molecular formula is C16H13IN2O4S. The maximum absolute atomic E-state index is 12.1. The SMILES string of the molecule is COc1ccc(C(=O)O)cc1NC(=S)NC(=O)c1ccc(I)cc1. The molecule has 124 valence electrons. The van der Waals surface area contributed by atoms with Crippen molar-refractivity contribution in [1.82, 2.24) is 5.32 Å². The van der Waals surface area contributed by atoms with E-state index in [1.54, 1.807) is 12.1 Å². The smallest absolute Gasteiger partial charge is 0.335 e. The summed E-state index contributed by atoms with van der Waals surface area (Å²) in [7, 11) is 1.45. The molecular weight excluding hydrogens is 443 g/mol. The molecule has 0 saturated heterocycles. The van der Waals surface area contributed by atoms with Gasteiger partial charge in [-0.3, -0.25) is 10.1 Å². The average Bonchev–Trinajstić information content (AvgIpc) is 2.55. The molecule has 0 radical (unpaired) electrons. The van der Waals surface area contributed by atoms with Crippen molar-refractivity contribution >= 4 is 57.5 Å². The van der Waals surface area contributed by atoms with Crippen LogP contribution in [0.1, 0.15) is 20.7 Å². The number of benzene rings is 2. The fourth-order valence-electron chi connectivity index (χ4n) is 1.87. The van der Waals surface area contributed by atoms with Gasteiger partial charge in [0.25, 0.3) is 5.91 Å². The van der Waals surface area contributed by atoms with E-state index in [9.17, 15) is 9.59 Å². The summed E-state index contributed by atoms with van der Waals surface area (Å²) < 4.78 is 6.17. The number of amides is 1. The van der Waals surface area contributed by atoms with Crippen LogP contribution in [0.5, 0.6) is 5.75 Å². The van der Waals surface area contributed by atoms with Crippen molar-refractivity contribution in [2.75, 3.05) is 12.4 Å². The van der Waals surface area contributed by atoms with Gasteiger partial charge in [-0.25, -0.2) is 4.79 Å². The van der Waals surface area contributed by atoms with Gasteiger partial charge in [0, 0.05) is 9.13 Å². The van der Waals surface area contributed by atoms with Crippen LogP contribution in [0.3, 0.4) is 0 Å². The molecule has 0 aliphatic heterocycles. The zero-order chi connectivity index (χ0) is 17.7. The van der Waals surface area contributed by atoms with Gasteiger partial charge in [-0.2, -0.15) is 0 Å². The number of nitrogens with one attached hydrogen (secondary N) is 2. The van der Waals surface area contributed by atoms with Gasteiger partial charge in [0.2, 0.25) is 0 Å². The van der Waals surface area contributed by atoms with Crippen molar-refractivity contribution in [3.63, 3.8) is 0 Å². The van der Waals surface area contributed by atoms with E-state index in [2.05, 4.69) is 33.2 Å². The molecule has 6 nitrogen and oxygen atoms in total. The van der Waals surface area contributed by atoms with Crippen LogP contribution in [-0.4, -0.2) is 29.2 Å². The molecule has 0 heterocycles. The number of thiocarbonyl (C=S) groups is 1. The van der Waals surface area contributed by atoms with Crippen LogP contribution in [0, 0.1) is 3.57 Å². The Kier molecular flexibility index (Phi) is 6.10. The number of carboxylic acids is 1. The normalized spacial score (nSPS) is 9.92. The number of aromatic carboxylic acids is 1. The molecule has 0 spiro atoms. The van der Waals surface area contributed by atoms with Crippen molar-refractivity contribution in [2.45, 2.75) is 0 Å². The molecule has 2 aromatic rings. The highest BCUT2D eigenvalue weighted by Crippen LogP contribution is 2.25. The number of carbonyl (C=O) groups is 2. The van der Waals surface area contributed by atoms with Gasteiger partial charge < -0.3 is 15.2 Å². The van der Waals surface area contributed by atoms with E-state index in [0.29, 0.717) is 17.0 Å². The first-order valence-corrected chi connectivity index (χ1v) is 8.18. The minimum Gasteiger partial charge on any atom is -0.495 e. The lowest BCUT2D eigenvalue weighted by Crippen LogP contribution is -2.34. The predicted molar refractivity (Wildman–Crippen MR) is 103 cm³/mol. The summed E-state index contributed by atoms with van der Waals surface area (Å²) in [6.45, 7) is 0. The van der Waals surface area contributed by atoms with Gasteiger partial charge >= 0.3 is 5.97 Å². The van der Waals surface area contributed by atoms with Crippen molar-refractivity contribution in [3.05, 3.63) is 57.2 Å². The van der Waals surface area contributed by atoms with Crippen molar-refractivity contribution in [2.24, 2.45) is 0 Å². The summed E-state index contributed by atoms with van der Waals surface area (Å²) in [5.74, 6) is -1.03. The summed E-state index contributed by atoms with van der Waals surface area (Å²) in [6, 6.07) is 11.3. The quantitative estimate of drug-likeness (QED) is 0.484. The van der Waals surface area contributed by atoms with Gasteiger partial charge in [0.15, 0.2) is 5.11 Å². The molecule has 0 atom stereocenters. The predicted octanol–water partition coefficient (Wildman–Crippen LogP) is 3.12. The van der Waals surface area contributed by atoms with E-state index in [-0.39, 0.29) is 16.6 Å². The number of anilines is 1. The van der Waals surface area contributed by atoms with E-state index in [1.165, 1.54) is 25.3 Å². The number of rotatable bonds is 4. The lowest BCUT2D eigenvalue weighted by molar-refractivity contribution is 0.0696. The Morgan fingerprint density at radius 1 is 1.12 bits per heavy atom. The van der Waals surface area contributed by atoms with Crippen LogP contribution in [0.15, 0.2) is 42.5 Å². The third kappa shape index (κ3) is 4.65. The maximum atomic E-state index is 12.1. The highest BCUT2D eigenvalue weighted by atomic mass is 127. The Hall–Kier alpha value is -2.20. The molecule has 2 rings (SSSR count). The topological polar surface area (TPSA) is 87.7 Å². The molecule has 0 aliphatic rings. The molecule has 0 fully saturated rings. The molecule has 3 N–H and O–H groups in total. The van der Waals surface area contributed by atoms with Crippen LogP contribution in [0.4, 0.5) is 5.69 Å². The second-order valence-corrected chi connectivity index (χ2v) is 6.29. The first-order chi connectivity index (χ1) is 11.4. The van der Waals surface area contributed by atoms with Crippen LogP contribution >= 0.6 is 34.8 Å². The summed E-state index contributed by atoms with van der Waals surface area (Å²) in [5, 5.41) is 14.4. The van der Waals surface area contributed by atoms with E-state index in [4.69, 9.17) is 22.1 Å². The van der Waals surface area contributed by atoms with Crippen molar-refractivity contribution < 1.29 is 19.4 Å². The van der Waals surface area contributed by atoms with Crippen molar-refractivity contribution in [3.8, 4) is 5.75 Å². The maximum Gasteiger partial charge on any atom is 0.335 e. The summed E-state index contributed by atoms with van der Waals surface area (Å²) in [6.07, 6.45) is 0. The van der Waals surface area contributed by atoms with Crippen LogP contribution in [0.2, 0.25) is 0 Å². The molecule has 24 heavy (non-hydrogen) atoms. The third-order valence-corrected chi connectivity index (χ3v) is 3.95. The zero-order valence-corrected chi connectivity index (χ0v) is 15.5. The minimum absolute atomic E-state index is 0.0411. The third-order valence-electron chi connectivity index (χ3n) is 3.03. The van der Waals surface area contributed by atoms with E-state index in [0.717, 1.165) is 3.57 Å². The Balaban J connectivity index is 2.11. The number of carbonyl (C=O) groups excluding carboxylic acids is 1. The van der Waals surface area contributed by atoms with Gasteiger partial charge in [-0.1, -0.05) is 0 Å². The number of halogens is 1. The lowest BCUT2D eigenvalue weighted by Gasteiger charge is -2.13.